The van der Waals surface area contributed by atoms with Gasteiger partial charge in [0.05, 0.1) is 0 Å². The van der Waals surface area contributed by atoms with E-state index in [1.807, 2.05) is 42.5 Å². The van der Waals surface area contributed by atoms with Crippen LogP contribution in [-0.4, -0.2) is 7.85 Å². The fraction of sp³-hybridized carbons (Fsp3) is 0. The molecule has 0 nitrogen and oxygen atoms in total. The van der Waals surface area contributed by atoms with Crippen LogP contribution in [0, 0.1) is 5.82 Å². The minimum Gasteiger partial charge on any atom is -0.208 e. The molecule has 96 valence electrons. The summed E-state index contributed by atoms with van der Waals surface area (Å²) in [5.74, 6) is -0.160. The van der Waals surface area contributed by atoms with Crippen LogP contribution in [0.5, 0.6) is 0 Å². The highest BCUT2D eigenvalue weighted by atomic mass is 19.1. The Morgan fingerprint density at radius 1 is 0.600 bits per heavy atom. The molecule has 3 aromatic rings. The monoisotopic (exact) mass is 260 g/mol. The van der Waals surface area contributed by atoms with Gasteiger partial charge in [0.2, 0.25) is 0 Å². The van der Waals surface area contributed by atoms with E-state index in [1.54, 1.807) is 13.9 Å². The predicted octanol–water partition coefficient (Wildman–Crippen LogP) is 3.42. The van der Waals surface area contributed by atoms with E-state index in [2.05, 4.69) is 24.3 Å². The van der Waals surface area contributed by atoms with E-state index in [0.29, 0.717) is 5.46 Å². The first kappa shape index (κ1) is 12.7. The maximum absolute atomic E-state index is 13.7. The molecule has 0 aliphatic heterocycles. The third-order valence-electron chi connectivity index (χ3n) is 3.47. The summed E-state index contributed by atoms with van der Waals surface area (Å²) < 4.78 is 13.7. The zero-order chi connectivity index (χ0) is 13.9. The summed E-state index contributed by atoms with van der Waals surface area (Å²) in [7, 11) is 1.78. The Hall–Kier alpha value is -2.35. The standard InChI is InChI=1S/C18H14BF/c19-17-10-9-16(12-18(17)20)15-8-4-7-14(11-15)13-5-2-1-3-6-13/h1-12H,19H2. The third kappa shape index (κ3) is 2.50. The van der Waals surface area contributed by atoms with Crippen molar-refractivity contribution in [3.05, 3.63) is 78.6 Å². The molecule has 2 heteroatoms. The molecule has 0 amide bonds. The van der Waals surface area contributed by atoms with Crippen molar-refractivity contribution < 1.29 is 4.39 Å². The number of hydrogen-bond donors (Lipinski definition) is 0. The van der Waals surface area contributed by atoms with Crippen LogP contribution in [0.15, 0.2) is 72.8 Å². The van der Waals surface area contributed by atoms with Crippen LogP contribution < -0.4 is 5.46 Å². The molecule has 0 aromatic heterocycles. The lowest BCUT2D eigenvalue weighted by atomic mass is 9.92. The van der Waals surface area contributed by atoms with E-state index >= 15 is 0 Å². The summed E-state index contributed by atoms with van der Waals surface area (Å²) in [4.78, 5) is 0. The normalized spacial score (nSPS) is 10.4. The van der Waals surface area contributed by atoms with Gasteiger partial charge in [-0.25, -0.2) is 4.39 Å². The smallest absolute Gasteiger partial charge is 0.143 e. The van der Waals surface area contributed by atoms with Gasteiger partial charge in [-0.3, -0.25) is 0 Å². The Balaban J connectivity index is 2.05. The summed E-state index contributed by atoms with van der Waals surface area (Å²) in [6.45, 7) is 0. The van der Waals surface area contributed by atoms with Gasteiger partial charge in [-0.05, 0) is 34.4 Å². The Labute approximate surface area is 119 Å². The van der Waals surface area contributed by atoms with Crippen LogP contribution in [-0.2, 0) is 0 Å². The number of benzene rings is 3. The van der Waals surface area contributed by atoms with Crippen molar-refractivity contribution in [3.8, 4) is 22.3 Å². The zero-order valence-electron chi connectivity index (χ0n) is 11.3. The van der Waals surface area contributed by atoms with E-state index in [-0.39, 0.29) is 5.82 Å². The first-order valence-corrected chi connectivity index (χ1v) is 6.66. The van der Waals surface area contributed by atoms with Crippen molar-refractivity contribution in [2.75, 3.05) is 0 Å². The third-order valence-corrected chi connectivity index (χ3v) is 3.47. The summed E-state index contributed by atoms with van der Waals surface area (Å²) >= 11 is 0. The molecule has 3 rings (SSSR count). The number of halogens is 1. The topological polar surface area (TPSA) is 0 Å². The van der Waals surface area contributed by atoms with Crippen molar-refractivity contribution in [3.63, 3.8) is 0 Å². The van der Waals surface area contributed by atoms with Crippen LogP contribution >= 0.6 is 0 Å². The van der Waals surface area contributed by atoms with Crippen LogP contribution in [0.1, 0.15) is 0 Å². The minimum absolute atomic E-state index is 0.160. The molecule has 0 radical (unpaired) electrons. The lowest BCUT2D eigenvalue weighted by molar-refractivity contribution is 0.636. The fourth-order valence-electron chi connectivity index (χ4n) is 2.28. The molecule has 3 aromatic carbocycles. The van der Waals surface area contributed by atoms with Gasteiger partial charge in [-0.1, -0.05) is 66.1 Å². The molecule has 20 heavy (non-hydrogen) atoms. The Morgan fingerprint density at radius 2 is 1.20 bits per heavy atom. The number of rotatable bonds is 2. The molecule has 0 saturated heterocycles. The van der Waals surface area contributed by atoms with Crippen molar-refractivity contribution in [2.24, 2.45) is 0 Å². The predicted molar refractivity (Wildman–Crippen MR) is 85.5 cm³/mol. The van der Waals surface area contributed by atoms with Gasteiger partial charge in [0.15, 0.2) is 0 Å². The van der Waals surface area contributed by atoms with Crippen LogP contribution in [0.25, 0.3) is 22.3 Å². The number of hydrogen-bond acceptors (Lipinski definition) is 0. The minimum atomic E-state index is -0.160. The molecule has 0 N–H and O–H groups in total. The molecule has 0 saturated carbocycles. The van der Waals surface area contributed by atoms with Gasteiger partial charge in [0.1, 0.15) is 13.7 Å². The second kappa shape index (κ2) is 5.34. The molecule has 0 aliphatic carbocycles. The van der Waals surface area contributed by atoms with Crippen molar-refractivity contribution in [1.82, 2.24) is 0 Å². The molecule has 0 spiro atoms. The Bertz CT molecular complexity index is 735. The Morgan fingerprint density at radius 3 is 1.90 bits per heavy atom. The summed E-state index contributed by atoms with van der Waals surface area (Å²) in [5, 5.41) is 0. The van der Waals surface area contributed by atoms with E-state index < -0.39 is 0 Å². The van der Waals surface area contributed by atoms with Gasteiger partial charge >= 0.3 is 0 Å². The molecular formula is C18H14BF. The molecule has 0 atom stereocenters. The summed E-state index contributed by atoms with van der Waals surface area (Å²) in [6, 6.07) is 23.8. The van der Waals surface area contributed by atoms with Crippen molar-refractivity contribution in [1.29, 1.82) is 0 Å². The van der Waals surface area contributed by atoms with Gasteiger partial charge in [-0.2, -0.15) is 0 Å². The molecule has 0 unspecified atom stereocenters. The lowest BCUT2D eigenvalue weighted by Crippen LogP contribution is -2.07. The second-order valence-electron chi connectivity index (χ2n) is 4.91. The van der Waals surface area contributed by atoms with Crippen LogP contribution in [0.4, 0.5) is 4.39 Å². The SMILES string of the molecule is Bc1ccc(-c2cccc(-c3ccccc3)c2)cc1F. The highest BCUT2D eigenvalue weighted by Gasteiger charge is 2.04. The first-order chi connectivity index (χ1) is 9.74. The van der Waals surface area contributed by atoms with Gasteiger partial charge in [0, 0.05) is 0 Å². The molecular weight excluding hydrogens is 246 g/mol. The molecule has 0 bridgehead atoms. The highest BCUT2D eigenvalue weighted by molar-refractivity contribution is 6.32. The molecule has 0 aliphatic rings. The van der Waals surface area contributed by atoms with Gasteiger partial charge in [0.25, 0.3) is 0 Å². The molecule has 0 fully saturated rings. The second-order valence-corrected chi connectivity index (χ2v) is 4.91. The summed E-state index contributed by atoms with van der Waals surface area (Å²) in [6.07, 6.45) is 0. The van der Waals surface area contributed by atoms with E-state index in [4.69, 9.17) is 0 Å². The average Bonchev–Trinajstić information content (AvgIpc) is 2.51. The Kier molecular flexibility index (Phi) is 3.38. The van der Waals surface area contributed by atoms with Crippen LogP contribution in [0.2, 0.25) is 0 Å². The maximum atomic E-state index is 13.7. The van der Waals surface area contributed by atoms with Crippen molar-refractivity contribution in [2.45, 2.75) is 0 Å². The van der Waals surface area contributed by atoms with Crippen molar-refractivity contribution >= 4 is 13.3 Å². The van der Waals surface area contributed by atoms with E-state index in [1.165, 1.54) is 5.56 Å². The maximum Gasteiger partial charge on any atom is 0.143 e. The first-order valence-electron chi connectivity index (χ1n) is 6.66. The fourth-order valence-corrected chi connectivity index (χ4v) is 2.28. The summed E-state index contributed by atoms with van der Waals surface area (Å²) in [5.41, 5.74) is 4.93. The van der Waals surface area contributed by atoms with Gasteiger partial charge in [-0.15, -0.1) is 0 Å². The van der Waals surface area contributed by atoms with E-state index in [9.17, 15) is 4.39 Å². The average molecular weight is 260 g/mol. The molecule has 0 heterocycles. The highest BCUT2D eigenvalue weighted by Crippen LogP contribution is 2.26. The largest absolute Gasteiger partial charge is 0.208 e. The zero-order valence-corrected chi connectivity index (χ0v) is 11.3. The van der Waals surface area contributed by atoms with Gasteiger partial charge < -0.3 is 0 Å². The van der Waals surface area contributed by atoms with E-state index in [0.717, 1.165) is 16.7 Å². The van der Waals surface area contributed by atoms with Crippen LogP contribution in [0.3, 0.4) is 0 Å². The lowest BCUT2D eigenvalue weighted by Gasteiger charge is -2.07. The quantitative estimate of drug-likeness (QED) is 0.619.